The van der Waals surface area contributed by atoms with E-state index in [-0.39, 0.29) is 45.1 Å². The molecule has 2 heterocycles. The average molecular weight is 679 g/mol. The van der Waals surface area contributed by atoms with Gasteiger partial charge in [0.1, 0.15) is 12.2 Å². The molecule has 1 aliphatic carbocycles. The molecular weight excluding hydrogens is 628 g/mol. The van der Waals surface area contributed by atoms with Crippen LogP contribution in [0.25, 0.3) is 10.9 Å². The number of hydrogen-bond acceptors (Lipinski definition) is 5. The van der Waals surface area contributed by atoms with Crippen LogP contribution in [0.2, 0.25) is 0 Å². The molecule has 5 rings (SSSR count). The van der Waals surface area contributed by atoms with Gasteiger partial charge in [0.25, 0.3) is 0 Å². The minimum atomic E-state index is -0.870. The van der Waals surface area contributed by atoms with Gasteiger partial charge in [0.05, 0.1) is 18.6 Å². The van der Waals surface area contributed by atoms with Crippen molar-refractivity contribution in [1.29, 1.82) is 0 Å². The first-order valence-corrected chi connectivity index (χ1v) is 17.4. The molecule has 1 fully saturated rings. The molecule has 2 atom stereocenters. The molecule has 50 heavy (non-hydrogen) atoms. The molecule has 0 bridgehead atoms. The van der Waals surface area contributed by atoms with E-state index in [9.17, 15) is 19.2 Å². The van der Waals surface area contributed by atoms with E-state index < -0.39 is 18.2 Å². The first-order valence-electron chi connectivity index (χ1n) is 17.4. The van der Waals surface area contributed by atoms with E-state index >= 15 is 0 Å². The standard InChI is InChI=1S/C40H48N6O4.H2/c1-5-20-41-24-37(48)46-35(22-30-15-10-12-28(3)18-19-30)39(49)45(27-36(46)43-40(50)42-23-31-13-8-7-9-14-31)25-32-16-11-17-33-34(29(4)47)26-44(21-6-2)38(32)33;/h5,7-9,11-19,26,35-36,41H,1,6,10,20-25,27H2,2-4H3,(H2,42,43,50);1H/t35-,36+;/m0./s1. The predicted octanol–water partition coefficient (Wildman–Crippen LogP) is 5.86. The zero-order valence-electron chi connectivity index (χ0n) is 29.3. The van der Waals surface area contributed by atoms with Crippen molar-refractivity contribution in [3.05, 3.63) is 120 Å². The Bertz CT molecular complexity index is 1830. The summed E-state index contributed by atoms with van der Waals surface area (Å²) < 4.78 is 2.09. The molecule has 1 aliphatic heterocycles. The molecule has 4 amide bonds. The van der Waals surface area contributed by atoms with E-state index in [0.29, 0.717) is 25.1 Å². The summed E-state index contributed by atoms with van der Waals surface area (Å²) in [6.07, 6.45) is 12.8. The quantitative estimate of drug-likeness (QED) is 0.112. The highest BCUT2D eigenvalue weighted by molar-refractivity contribution is 6.07. The molecule has 3 N–H and O–H groups in total. The van der Waals surface area contributed by atoms with Gasteiger partial charge in [-0.25, -0.2) is 4.79 Å². The van der Waals surface area contributed by atoms with Crippen LogP contribution in [0.4, 0.5) is 4.79 Å². The maximum Gasteiger partial charge on any atom is 0.316 e. The molecule has 10 heteroatoms. The van der Waals surface area contributed by atoms with Gasteiger partial charge in [0, 0.05) is 51.2 Å². The molecule has 0 spiro atoms. The summed E-state index contributed by atoms with van der Waals surface area (Å²) in [6, 6.07) is 14.1. The summed E-state index contributed by atoms with van der Waals surface area (Å²) in [7, 11) is 0. The first-order chi connectivity index (χ1) is 24.2. The van der Waals surface area contributed by atoms with Crippen molar-refractivity contribution in [3.8, 4) is 0 Å². The number of fused-ring (bicyclic) bond motifs is 1. The Labute approximate surface area is 296 Å². The lowest BCUT2D eigenvalue weighted by Crippen LogP contribution is -2.69. The van der Waals surface area contributed by atoms with E-state index in [1.54, 1.807) is 22.8 Å². The molecule has 2 aliphatic rings. The number of amides is 4. The first kappa shape index (κ1) is 36.1. The van der Waals surface area contributed by atoms with E-state index in [2.05, 4.69) is 46.2 Å². The number of aromatic nitrogens is 1. The van der Waals surface area contributed by atoms with E-state index in [0.717, 1.165) is 46.1 Å². The molecular formula is C40H50N6O4. The van der Waals surface area contributed by atoms with Crippen LogP contribution in [0.1, 0.15) is 62.9 Å². The van der Waals surface area contributed by atoms with Gasteiger partial charge in [0.2, 0.25) is 11.8 Å². The highest BCUT2D eigenvalue weighted by Gasteiger charge is 2.44. The van der Waals surface area contributed by atoms with Crippen molar-refractivity contribution < 1.29 is 20.6 Å². The zero-order chi connectivity index (χ0) is 35.6. The maximum atomic E-state index is 14.6. The van der Waals surface area contributed by atoms with Crippen molar-refractivity contribution in [2.45, 2.75) is 71.9 Å². The molecule has 264 valence electrons. The lowest BCUT2D eigenvalue weighted by Gasteiger charge is -2.46. The second-order valence-electron chi connectivity index (χ2n) is 12.9. The predicted molar refractivity (Wildman–Crippen MR) is 199 cm³/mol. The fourth-order valence-electron chi connectivity index (χ4n) is 6.69. The Morgan fingerprint density at radius 3 is 2.60 bits per heavy atom. The highest BCUT2D eigenvalue weighted by atomic mass is 16.2. The minimum absolute atomic E-state index is 0. The fraction of sp³-hybridized carbons (Fsp3) is 0.350. The molecule has 1 aromatic heterocycles. The number of aryl methyl sites for hydroxylation is 1. The topological polar surface area (TPSA) is 116 Å². The number of hydrogen-bond donors (Lipinski definition) is 3. The van der Waals surface area contributed by atoms with Crippen LogP contribution in [0.5, 0.6) is 0 Å². The molecule has 10 nitrogen and oxygen atoms in total. The molecule has 2 aromatic carbocycles. The lowest BCUT2D eigenvalue weighted by atomic mass is 9.98. The number of urea groups is 1. The number of para-hydroxylation sites is 1. The third kappa shape index (κ3) is 8.67. The number of rotatable bonds is 14. The second kappa shape index (κ2) is 16.9. The Balaban J connectivity index is 0.00000583. The Kier molecular flexibility index (Phi) is 12.2. The summed E-state index contributed by atoms with van der Waals surface area (Å²) in [5.74, 6) is -0.517. The highest BCUT2D eigenvalue weighted by Crippen LogP contribution is 2.30. The van der Waals surface area contributed by atoms with E-state index in [1.165, 1.54) is 0 Å². The normalized spacial score (nSPS) is 17.6. The van der Waals surface area contributed by atoms with Gasteiger partial charge in [0.15, 0.2) is 5.78 Å². The summed E-state index contributed by atoms with van der Waals surface area (Å²) in [4.78, 5) is 58.0. The molecule has 0 radical (unpaired) electrons. The fourth-order valence-corrected chi connectivity index (χ4v) is 6.69. The largest absolute Gasteiger partial charge is 0.346 e. The SMILES string of the molecule is C=CCNCC(=O)N1[C@@H](NC(=O)NCc2ccccc2)CN(Cc2cccc3c(C(C)=O)cn(CCC)c23)C(=O)[C@@H]1CC1=CCC=C(C)C=C1.[HH]. The monoisotopic (exact) mass is 678 g/mol. The van der Waals surface area contributed by atoms with Crippen molar-refractivity contribution in [2.24, 2.45) is 0 Å². The van der Waals surface area contributed by atoms with Crippen molar-refractivity contribution in [3.63, 3.8) is 0 Å². The minimum Gasteiger partial charge on any atom is -0.346 e. The molecule has 0 unspecified atom stereocenters. The summed E-state index contributed by atoms with van der Waals surface area (Å²) in [6.45, 7) is 11.2. The van der Waals surface area contributed by atoms with Crippen LogP contribution in [-0.4, -0.2) is 69.8 Å². The van der Waals surface area contributed by atoms with Gasteiger partial charge in [-0.1, -0.05) is 91.4 Å². The smallest absolute Gasteiger partial charge is 0.316 e. The van der Waals surface area contributed by atoms with E-state index in [4.69, 9.17) is 0 Å². The van der Waals surface area contributed by atoms with Crippen LogP contribution >= 0.6 is 0 Å². The van der Waals surface area contributed by atoms with Crippen molar-refractivity contribution >= 4 is 34.5 Å². The number of Topliss-reactive ketones (excluding diaryl/α,β-unsaturated/α-hetero) is 1. The Hall–Kier alpha value is -5.22. The lowest BCUT2D eigenvalue weighted by molar-refractivity contribution is -0.156. The third-order valence-corrected chi connectivity index (χ3v) is 9.10. The Morgan fingerprint density at radius 2 is 1.86 bits per heavy atom. The van der Waals surface area contributed by atoms with Crippen LogP contribution in [-0.2, 0) is 29.2 Å². The van der Waals surface area contributed by atoms with Gasteiger partial charge in [-0.05, 0) is 43.4 Å². The summed E-state index contributed by atoms with van der Waals surface area (Å²) >= 11 is 0. The number of nitrogens with one attached hydrogen (secondary N) is 3. The molecule has 1 saturated heterocycles. The van der Waals surface area contributed by atoms with Gasteiger partial charge in [-0.2, -0.15) is 0 Å². The van der Waals surface area contributed by atoms with Gasteiger partial charge in [-0.3, -0.25) is 14.4 Å². The number of carbonyl (C=O) groups excluding carboxylic acids is 4. The third-order valence-electron chi connectivity index (χ3n) is 9.10. The number of ketones is 1. The summed E-state index contributed by atoms with van der Waals surface area (Å²) in [5.41, 5.74) is 5.45. The van der Waals surface area contributed by atoms with E-state index in [1.807, 2.05) is 73.8 Å². The average Bonchev–Trinajstić information content (AvgIpc) is 3.35. The Morgan fingerprint density at radius 1 is 1.06 bits per heavy atom. The number of benzene rings is 2. The van der Waals surface area contributed by atoms with Crippen LogP contribution < -0.4 is 16.0 Å². The molecule has 3 aromatic rings. The van der Waals surface area contributed by atoms with Crippen molar-refractivity contribution in [2.75, 3.05) is 19.6 Å². The van der Waals surface area contributed by atoms with Crippen LogP contribution in [0.15, 0.2) is 103 Å². The zero-order valence-corrected chi connectivity index (χ0v) is 29.3. The van der Waals surface area contributed by atoms with Gasteiger partial charge >= 0.3 is 6.03 Å². The second-order valence-corrected chi connectivity index (χ2v) is 12.9. The summed E-state index contributed by atoms with van der Waals surface area (Å²) in [5, 5.41) is 9.88. The number of allylic oxidation sites excluding steroid dienone is 5. The van der Waals surface area contributed by atoms with Gasteiger partial charge < -0.3 is 30.3 Å². The number of piperazine rings is 1. The molecule has 0 saturated carbocycles. The van der Waals surface area contributed by atoms with Crippen LogP contribution in [0, 0.1) is 0 Å². The number of carbonyl (C=O) groups is 4. The number of nitrogens with zero attached hydrogens (tertiary/aromatic N) is 3. The van der Waals surface area contributed by atoms with Crippen molar-refractivity contribution in [1.82, 2.24) is 30.3 Å². The van der Waals surface area contributed by atoms with Crippen LogP contribution in [0.3, 0.4) is 0 Å². The van der Waals surface area contributed by atoms with Gasteiger partial charge in [-0.15, -0.1) is 6.58 Å². The maximum absolute atomic E-state index is 14.6.